The van der Waals surface area contributed by atoms with Gasteiger partial charge < -0.3 is 8.98 Å². The predicted molar refractivity (Wildman–Crippen MR) is 253 cm³/mol. The molecule has 11 heteroatoms. The van der Waals surface area contributed by atoms with Gasteiger partial charge >= 0.3 is 0 Å². The summed E-state index contributed by atoms with van der Waals surface area (Å²) in [5.74, 6) is 1.94. The van der Waals surface area contributed by atoms with E-state index >= 15 is 0 Å². The molecule has 56 heavy (non-hydrogen) atoms. The van der Waals surface area contributed by atoms with Crippen molar-refractivity contribution in [3.63, 3.8) is 0 Å². The van der Waals surface area contributed by atoms with Crippen LogP contribution >= 0.6 is 0 Å². The molecule has 0 amide bonds. The summed E-state index contributed by atoms with van der Waals surface area (Å²) in [6, 6.07) is 36.0. The predicted octanol–water partition coefficient (Wildman–Crippen LogP) is 1.15. The Balaban J connectivity index is 1.24. The quantitative estimate of drug-likeness (QED) is 0.252. The molecule has 0 radical (unpaired) electrons. The Labute approximate surface area is 331 Å². The fraction of sp³-hybridized carbons (Fsp3) is 0.0444. The van der Waals surface area contributed by atoms with E-state index in [-0.39, 0.29) is 0 Å². The smallest absolute Gasteiger partial charge is 0.164 e. The Morgan fingerprint density at radius 2 is 1.09 bits per heavy atom. The summed E-state index contributed by atoms with van der Waals surface area (Å²) in [4.78, 5) is 15.3. The largest absolute Gasteiger partial charge is 0.457 e. The van der Waals surface area contributed by atoms with Gasteiger partial charge in [-0.15, -0.1) is 0 Å². The van der Waals surface area contributed by atoms with Crippen LogP contribution in [-0.2, 0) is 0 Å². The number of aromatic nitrogens is 4. The van der Waals surface area contributed by atoms with Crippen LogP contribution in [-0.4, -0.2) is 66.6 Å². The average Bonchev–Trinajstić information content (AvgIpc) is 3.81. The minimum atomic E-state index is 0.646. The van der Waals surface area contributed by atoms with Gasteiger partial charge in [-0.1, -0.05) is 131 Å². The van der Waals surface area contributed by atoms with Crippen LogP contribution in [0.2, 0.25) is 0 Å². The van der Waals surface area contributed by atoms with Gasteiger partial charge in [-0.3, -0.25) is 0 Å². The first-order chi connectivity index (χ1) is 27.3. The highest BCUT2D eigenvalue weighted by molar-refractivity contribution is 6.64. The molecule has 10 rings (SSSR count). The summed E-state index contributed by atoms with van der Waals surface area (Å²) in [7, 11) is 13.3. The van der Waals surface area contributed by atoms with E-state index in [1.807, 2.05) is 36.4 Å². The van der Waals surface area contributed by atoms with Crippen LogP contribution in [0.3, 0.4) is 0 Å². The lowest BCUT2D eigenvalue weighted by molar-refractivity contribution is 0.674. The monoisotopic (exact) mass is 714 g/mol. The SMILES string of the molecule is Bc1c(-c2nc(-c3ccccc3)nc(-c3ccccc3)n2)c(B)c2oc3c(B)c(-n4c5ccccc5c5ccc(C6=CCCC=C6)cc54)c(B)c(B)c3c2c1B. The van der Waals surface area contributed by atoms with Crippen molar-refractivity contribution in [3.05, 3.63) is 127 Å². The number of allylic oxidation sites excluding steroid dienone is 4. The van der Waals surface area contributed by atoms with Crippen molar-refractivity contribution in [2.75, 3.05) is 0 Å². The molecule has 0 fully saturated rings. The molecule has 5 nitrogen and oxygen atoms in total. The topological polar surface area (TPSA) is 56.7 Å². The summed E-state index contributed by atoms with van der Waals surface area (Å²) in [5, 5.41) is 4.84. The van der Waals surface area contributed by atoms with E-state index < -0.39 is 0 Å². The Bertz CT molecular complexity index is 3090. The third-order valence-corrected chi connectivity index (χ3v) is 12.1. The molecule has 0 unspecified atom stereocenters. The van der Waals surface area contributed by atoms with E-state index in [0.29, 0.717) is 17.5 Å². The van der Waals surface area contributed by atoms with Gasteiger partial charge in [-0.2, -0.15) is 0 Å². The van der Waals surface area contributed by atoms with Crippen LogP contribution < -0.4 is 32.8 Å². The molecule has 9 aromatic rings. The zero-order valence-electron chi connectivity index (χ0n) is 32.7. The second-order valence-corrected chi connectivity index (χ2v) is 15.2. The summed E-state index contributed by atoms with van der Waals surface area (Å²) in [6.07, 6.45) is 9.08. The van der Waals surface area contributed by atoms with Gasteiger partial charge in [0.05, 0.1) is 11.0 Å². The summed E-state index contributed by atoms with van der Waals surface area (Å²) >= 11 is 0. The van der Waals surface area contributed by atoms with Crippen molar-refractivity contribution >= 4 is 129 Å². The third-order valence-electron chi connectivity index (χ3n) is 12.1. The Morgan fingerprint density at radius 3 is 1.75 bits per heavy atom. The molecule has 0 aliphatic heterocycles. The van der Waals surface area contributed by atoms with Crippen molar-refractivity contribution in [1.82, 2.24) is 19.5 Å². The van der Waals surface area contributed by atoms with Crippen molar-refractivity contribution in [2.24, 2.45) is 0 Å². The number of benzene rings is 6. The molecule has 0 atom stereocenters. The van der Waals surface area contributed by atoms with Gasteiger partial charge in [0.25, 0.3) is 0 Å². The molecule has 1 aliphatic rings. The average molecular weight is 714 g/mol. The Kier molecular flexibility index (Phi) is 8.10. The third kappa shape index (κ3) is 5.21. The number of furan rings is 1. The normalized spacial score (nSPS) is 13.0. The molecular formula is C45H36B6N4O. The molecule has 1 aliphatic carbocycles. The van der Waals surface area contributed by atoms with Gasteiger partial charge in [-0.05, 0) is 47.0 Å². The zero-order chi connectivity index (χ0) is 38.2. The Morgan fingerprint density at radius 1 is 0.500 bits per heavy atom. The van der Waals surface area contributed by atoms with E-state index in [4.69, 9.17) is 19.4 Å². The molecular weight excluding hydrogens is 677 g/mol. The number of fused-ring (bicyclic) bond motifs is 6. The van der Waals surface area contributed by atoms with Crippen LogP contribution in [0.5, 0.6) is 0 Å². The second kappa shape index (κ2) is 13.2. The van der Waals surface area contributed by atoms with Gasteiger partial charge in [0, 0.05) is 43.9 Å². The standard InChI is InChI=1S/C45H36B6N4O/c46-34-31-32-35(47)38(50)40(55-29-19-11-10-18-27(29)28-21-20-26(22-30(28)55)23-12-4-1-5-13-23)39(51)42(32)56-41(31)37(49)33(36(34)48)45-53-43(24-14-6-2-7-15-24)52-44(54-45)25-16-8-3-9-17-25/h2-4,6-22H,1,5,46-51H2. The van der Waals surface area contributed by atoms with E-state index in [1.165, 1.54) is 60.4 Å². The molecule has 3 heterocycles. The van der Waals surface area contributed by atoms with E-state index in [1.54, 1.807) is 0 Å². The molecule has 6 aromatic carbocycles. The molecule has 0 bridgehead atoms. The van der Waals surface area contributed by atoms with E-state index in [2.05, 4.69) is 137 Å². The van der Waals surface area contributed by atoms with Gasteiger partial charge in [0.1, 0.15) is 58.2 Å². The second-order valence-electron chi connectivity index (χ2n) is 15.2. The maximum atomic E-state index is 7.16. The van der Waals surface area contributed by atoms with Crippen LogP contribution in [0.15, 0.2) is 126 Å². The van der Waals surface area contributed by atoms with Crippen molar-refractivity contribution in [1.29, 1.82) is 0 Å². The van der Waals surface area contributed by atoms with E-state index in [9.17, 15) is 0 Å². The molecule has 0 N–H and O–H groups in total. The lowest BCUT2D eigenvalue weighted by atomic mass is 9.68. The van der Waals surface area contributed by atoms with Crippen LogP contribution in [0, 0.1) is 0 Å². The van der Waals surface area contributed by atoms with Gasteiger partial charge in [0.15, 0.2) is 17.5 Å². The first-order valence-electron chi connectivity index (χ1n) is 19.5. The van der Waals surface area contributed by atoms with Crippen LogP contribution in [0.4, 0.5) is 0 Å². The highest BCUT2D eigenvalue weighted by Crippen LogP contribution is 2.35. The fourth-order valence-corrected chi connectivity index (χ4v) is 9.01. The van der Waals surface area contributed by atoms with Crippen molar-refractivity contribution in [3.8, 4) is 39.9 Å². The van der Waals surface area contributed by atoms with Crippen molar-refractivity contribution in [2.45, 2.75) is 12.8 Å². The number of rotatable bonds is 5. The summed E-state index contributed by atoms with van der Waals surface area (Å²) in [5.41, 5.74) is 17.7. The Hall–Kier alpha value is -6.20. The van der Waals surface area contributed by atoms with E-state index in [0.717, 1.165) is 62.5 Å². The number of hydrogen-bond donors (Lipinski definition) is 0. The van der Waals surface area contributed by atoms with Gasteiger partial charge in [-0.25, -0.2) is 15.0 Å². The lowest BCUT2D eigenvalue weighted by Crippen LogP contribution is -2.38. The number of nitrogens with zero attached hydrogens (tertiary/aromatic N) is 4. The minimum absolute atomic E-state index is 0.646. The fourth-order valence-electron chi connectivity index (χ4n) is 9.01. The maximum absolute atomic E-state index is 7.16. The first-order valence-corrected chi connectivity index (χ1v) is 19.5. The molecule has 0 saturated heterocycles. The molecule has 260 valence electrons. The molecule has 3 aromatic heterocycles. The first kappa shape index (κ1) is 34.3. The maximum Gasteiger partial charge on any atom is 0.164 e. The molecule has 0 spiro atoms. The lowest BCUT2D eigenvalue weighted by Gasteiger charge is -2.19. The number of hydrogen-bond acceptors (Lipinski definition) is 4. The van der Waals surface area contributed by atoms with Crippen LogP contribution in [0.25, 0.3) is 89.2 Å². The summed E-state index contributed by atoms with van der Waals surface area (Å²) in [6.45, 7) is 0. The van der Waals surface area contributed by atoms with Gasteiger partial charge in [0.2, 0.25) is 0 Å². The highest BCUT2D eigenvalue weighted by Gasteiger charge is 2.26. The van der Waals surface area contributed by atoms with Crippen molar-refractivity contribution < 1.29 is 4.42 Å². The zero-order valence-corrected chi connectivity index (χ0v) is 32.7. The minimum Gasteiger partial charge on any atom is -0.457 e. The molecule has 0 saturated carbocycles. The highest BCUT2D eigenvalue weighted by atomic mass is 16.3. The number of para-hydroxylation sites is 1. The summed E-state index contributed by atoms with van der Waals surface area (Å²) < 4.78 is 9.63. The van der Waals surface area contributed by atoms with Crippen LogP contribution in [0.1, 0.15) is 18.4 Å².